The van der Waals surface area contributed by atoms with Gasteiger partial charge in [-0.15, -0.1) is 5.10 Å². The van der Waals surface area contributed by atoms with Gasteiger partial charge in [0.05, 0.1) is 22.0 Å². The van der Waals surface area contributed by atoms with Crippen molar-refractivity contribution in [3.05, 3.63) is 80.0 Å². The predicted molar refractivity (Wildman–Crippen MR) is 185 cm³/mol. The van der Waals surface area contributed by atoms with Crippen molar-refractivity contribution in [1.82, 2.24) is 38.9 Å². The summed E-state index contributed by atoms with van der Waals surface area (Å²) in [6.07, 6.45) is 0.219. The Bertz CT molecular complexity index is 2280. The number of nitrogens with one attached hydrogen (secondary N) is 1. The number of hydrogen-bond acceptors (Lipinski definition) is 9. The van der Waals surface area contributed by atoms with E-state index in [1.807, 2.05) is 13.0 Å². The highest BCUT2D eigenvalue weighted by molar-refractivity contribution is 6.33. The predicted octanol–water partition coefficient (Wildman–Crippen LogP) is 4.32. The first-order valence-electron chi connectivity index (χ1n) is 17.0. The van der Waals surface area contributed by atoms with Gasteiger partial charge in [0, 0.05) is 49.8 Å². The average Bonchev–Trinajstić information content (AvgIpc) is 3.68. The molecule has 5 heterocycles. The molecule has 278 valence electrons. The Morgan fingerprint density at radius 2 is 1.85 bits per heavy atom. The van der Waals surface area contributed by atoms with Gasteiger partial charge in [0.2, 0.25) is 17.6 Å². The Balaban J connectivity index is 1.27. The first-order chi connectivity index (χ1) is 25.1. The third-order valence-electron chi connectivity index (χ3n) is 10.5. The molecule has 0 bridgehead atoms. The van der Waals surface area contributed by atoms with Gasteiger partial charge in [0.25, 0.3) is 11.5 Å². The van der Waals surface area contributed by atoms with E-state index in [9.17, 15) is 37.5 Å². The number of rotatable bonds is 5. The molecule has 1 atom stereocenters. The van der Waals surface area contributed by atoms with Gasteiger partial charge < -0.3 is 24.8 Å². The fourth-order valence-corrected chi connectivity index (χ4v) is 8.04. The minimum atomic E-state index is -4.62. The third kappa shape index (κ3) is 6.40. The van der Waals surface area contributed by atoms with Crippen LogP contribution in [0.2, 0.25) is 5.02 Å². The van der Waals surface area contributed by atoms with Crippen molar-refractivity contribution in [2.24, 2.45) is 0 Å². The molecule has 1 saturated heterocycles. The van der Waals surface area contributed by atoms with Gasteiger partial charge in [0.15, 0.2) is 17.3 Å². The summed E-state index contributed by atoms with van der Waals surface area (Å²) in [4.78, 5) is 69.4. The summed E-state index contributed by atoms with van der Waals surface area (Å²) < 4.78 is 42.6. The van der Waals surface area contributed by atoms with Crippen LogP contribution in [-0.2, 0) is 27.7 Å². The van der Waals surface area contributed by atoms with Crippen LogP contribution in [0.3, 0.4) is 0 Å². The number of benzene rings is 1. The Hall–Kier alpha value is -5.32. The number of aromatic nitrogens is 6. The minimum Gasteiger partial charge on any atom is -0.504 e. The number of aryl methyl sites for hydroxylation is 1. The monoisotopic (exact) mass is 753 g/mol. The molecular formula is C35H35ClF3N9O5. The molecule has 3 amide bonds. The van der Waals surface area contributed by atoms with Crippen LogP contribution < -0.4 is 10.9 Å². The Morgan fingerprint density at radius 1 is 1.11 bits per heavy atom. The Kier molecular flexibility index (Phi) is 9.03. The first-order valence-corrected chi connectivity index (χ1v) is 17.4. The van der Waals surface area contributed by atoms with Crippen LogP contribution in [0.15, 0.2) is 35.4 Å². The second kappa shape index (κ2) is 13.3. The molecule has 2 N–H and O–H groups in total. The molecule has 1 fully saturated rings. The second-order valence-corrected chi connectivity index (χ2v) is 14.2. The average molecular weight is 754 g/mol. The van der Waals surface area contributed by atoms with Crippen LogP contribution in [-0.4, -0.2) is 87.9 Å². The van der Waals surface area contributed by atoms with Crippen LogP contribution in [0.4, 0.5) is 18.9 Å². The number of anilines is 1. The molecule has 1 aromatic carbocycles. The summed E-state index contributed by atoms with van der Waals surface area (Å²) in [6.45, 7) is 5.95. The van der Waals surface area contributed by atoms with Crippen LogP contribution in [0, 0.1) is 6.92 Å². The molecule has 3 aromatic heterocycles. The van der Waals surface area contributed by atoms with E-state index >= 15 is 0 Å². The summed E-state index contributed by atoms with van der Waals surface area (Å²) in [5, 5.41) is 17.4. The number of aromatic hydroxyl groups is 1. The lowest BCUT2D eigenvalue weighted by molar-refractivity contribution is -0.137. The maximum Gasteiger partial charge on any atom is 0.416 e. The minimum absolute atomic E-state index is 0.0191. The number of nitrogens with zero attached hydrogens (tertiary/aromatic N) is 8. The first kappa shape index (κ1) is 36.1. The number of alkyl halides is 3. The van der Waals surface area contributed by atoms with E-state index in [0.717, 1.165) is 23.8 Å². The van der Waals surface area contributed by atoms with E-state index in [1.165, 1.54) is 17.8 Å². The quantitative estimate of drug-likeness (QED) is 0.302. The van der Waals surface area contributed by atoms with Crippen LogP contribution in [0.5, 0.6) is 5.75 Å². The largest absolute Gasteiger partial charge is 0.504 e. The van der Waals surface area contributed by atoms with Crippen molar-refractivity contribution >= 4 is 46.4 Å². The smallest absolute Gasteiger partial charge is 0.416 e. The van der Waals surface area contributed by atoms with Crippen molar-refractivity contribution < 1.29 is 32.7 Å². The second-order valence-electron chi connectivity index (χ2n) is 13.8. The molecule has 4 aromatic rings. The van der Waals surface area contributed by atoms with E-state index in [-0.39, 0.29) is 70.9 Å². The topological polar surface area (TPSA) is 168 Å². The summed E-state index contributed by atoms with van der Waals surface area (Å²) in [5.41, 5.74) is -0.116. The molecule has 0 saturated carbocycles. The molecule has 7 rings (SSSR count). The van der Waals surface area contributed by atoms with E-state index < -0.39 is 34.5 Å². The zero-order valence-corrected chi connectivity index (χ0v) is 29.8. The maximum absolute atomic E-state index is 14.5. The molecule has 18 heteroatoms. The lowest BCUT2D eigenvalue weighted by Crippen LogP contribution is -2.46. The van der Waals surface area contributed by atoms with Crippen molar-refractivity contribution in [2.75, 3.05) is 31.5 Å². The summed E-state index contributed by atoms with van der Waals surface area (Å²) >= 11 is 6.15. The van der Waals surface area contributed by atoms with Crippen LogP contribution in [0.25, 0.3) is 11.4 Å². The highest BCUT2D eigenvalue weighted by Gasteiger charge is 2.49. The number of hydrogen-bond donors (Lipinski definition) is 2. The van der Waals surface area contributed by atoms with Crippen molar-refractivity contribution in [2.45, 2.75) is 70.5 Å². The SMILES string of the molecule is CC(=O)N1CC=C(c2nc3n(CC(=O)Nc4ccc(C(F)(F)F)cc4Cl)c4c(c(=O)n3n2)C2(CCN(C(=O)c3ncnc(C)c3O)CC2)C[C@H]4C)CC1. The van der Waals surface area contributed by atoms with Gasteiger partial charge in [-0.25, -0.2) is 9.97 Å². The lowest BCUT2D eigenvalue weighted by atomic mass is 9.73. The fraction of sp³-hybridized carbons (Fsp3) is 0.429. The molecular weight excluding hydrogens is 719 g/mol. The number of amides is 3. The maximum atomic E-state index is 14.5. The van der Waals surface area contributed by atoms with E-state index in [1.54, 1.807) is 21.3 Å². The summed E-state index contributed by atoms with van der Waals surface area (Å²) in [6, 6.07) is 2.64. The Morgan fingerprint density at radius 3 is 2.49 bits per heavy atom. The van der Waals surface area contributed by atoms with Gasteiger partial charge in [-0.3, -0.25) is 19.2 Å². The molecule has 53 heavy (non-hydrogen) atoms. The molecule has 1 spiro atoms. The van der Waals surface area contributed by atoms with Gasteiger partial charge >= 0.3 is 6.18 Å². The van der Waals surface area contributed by atoms with Gasteiger partial charge in [-0.1, -0.05) is 24.6 Å². The van der Waals surface area contributed by atoms with E-state index in [0.29, 0.717) is 50.0 Å². The number of likely N-dealkylation sites (tertiary alicyclic amines) is 1. The highest BCUT2D eigenvalue weighted by atomic mass is 35.5. The Labute approximate surface area is 305 Å². The number of halogens is 4. The molecule has 0 unspecified atom stereocenters. The van der Waals surface area contributed by atoms with Gasteiger partial charge in [0.1, 0.15) is 12.9 Å². The van der Waals surface area contributed by atoms with Crippen molar-refractivity contribution in [3.8, 4) is 5.75 Å². The zero-order valence-electron chi connectivity index (χ0n) is 29.0. The number of carbonyl (C=O) groups is 3. The van der Waals surface area contributed by atoms with Gasteiger partial charge in [-0.2, -0.15) is 22.7 Å². The molecule has 1 aliphatic carbocycles. The zero-order chi connectivity index (χ0) is 38.0. The molecule has 0 radical (unpaired) electrons. The molecule has 3 aliphatic rings. The number of piperidine rings is 1. The van der Waals surface area contributed by atoms with E-state index in [4.69, 9.17) is 16.6 Å². The van der Waals surface area contributed by atoms with Crippen molar-refractivity contribution in [3.63, 3.8) is 0 Å². The summed E-state index contributed by atoms with van der Waals surface area (Å²) in [5.74, 6) is -1.29. The standard InChI is InChI=1S/C35H35ClF3N9O5/c1-18-15-34(8-12-46(13-9-34)32(53)27-29(51)19(2)40-17-41-27)26-28(18)47(16-25(50)42-24-5-4-22(14-23(24)36)35(37,38)39)33-43-30(44-48(33)31(26)52)21-6-10-45(11-7-21)20(3)49/h4-6,14,17-18,51H,7-13,15-16H2,1-3H3,(H,42,50)/t18-/m1/s1. The van der Waals surface area contributed by atoms with E-state index in [2.05, 4.69) is 20.4 Å². The fourth-order valence-electron chi connectivity index (χ4n) is 7.81. The van der Waals surface area contributed by atoms with Crippen LogP contribution in [0.1, 0.15) is 84.3 Å². The number of fused-ring (bicyclic) bond motifs is 3. The van der Waals surface area contributed by atoms with Gasteiger partial charge in [-0.05, 0) is 62.3 Å². The van der Waals surface area contributed by atoms with Crippen molar-refractivity contribution in [1.29, 1.82) is 0 Å². The molecule has 2 aliphatic heterocycles. The highest BCUT2D eigenvalue weighted by Crippen LogP contribution is 2.50. The third-order valence-corrected chi connectivity index (χ3v) is 10.8. The van der Waals surface area contributed by atoms with Crippen LogP contribution >= 0.6 is 11.6 Å². The normalized spacial score (nSPS) is 18.3. The summed E-state index contributed by atoms with van der Waals surface area (Å²) in [7, 11) is 0. The number of carbonyl (C=O) groups excluding carboxylic acids is 3. The molecule has 14 nitrogen and oxygen atoms in total. The lowest BCUT2D eigenvalue weighted by Gasteiger charge is -2.39.